The SMILES string of the molecule is COc1cc(SC)ccc1C(=O)Nc1ccc(Br)cn1. The topological polar surface area (TPSA) is 51.2 Å². The predicted molar refractivity (Wildman–Crippen MR) is 84.7 cm³/mol. The molecule has 0 aliphatic carbocycles. The Morgan fingerprint density at radius 2 is 2.15 bits per heavy atom. The molecule has 1 amide bonds. The fourth-order valence-electron chi connectivity index (χ4n) is 1.62. The summed E-state index contributed by atoms with van der Waals surface area (Å²) in [5.41, 5.74) is 0.481. The molecule has 0 fully saturated rings. The number of carbonyl (C=O) groups is 1. The lowest BCUT2D eigenvalue weighted by atomic mass is 10.2. The molecule has 0 atom stereocenters. The zero-order valence-electron chi connectivity index (χ0n) is 11.0. The molecule has 104 valence electrons. The van der Waals surface area contributed by atoms with Crippen LogP contribution in [0.3, 0.4) is 0 Å². The molecule has 6 heteroatoms. The molecule has 2 rings (SSSR count). The van der Waals surface area contributed by atoms with Crippen molar-refractivity contribution in [2.75, 3.05) is 18.7 Å². The predicted octanol–water partition coefficient (Wildman–Crippen LogP) is 3.83. The quantitative estimate of drug-likeness (QED) is 0.849. The number of methoxy groups -OCH3 is 1. The number of rotatable bonds is 4. The number of carbonyl (C=O) groups excluding carboxylic acids is 1. The van der Waals surface area contributed by atoms with Gasteiger partial charge in [-0.05, 0) is 52.5 Å². The van der Waals surface area contributed by atoms with Crippen LogP contribution in [0.25, 0.3) is 0 Å². The Hall–Kier alpha value is -1.53. The van der Waals surface area contributed by atoms with E-state index in [4.69, 9.17) is 4.74 Å². The van der Waals surface area contributed by atoms with Crippen LogP contribution in [0.1, 0.15) is 10.4 Å². The van der Waals surface area contributed by atoms with E-state index in [1.807, 2.05) is 24.5 Å². The van der Waals surface area contributed by atoms with Crippen molar-refractivity contribution >= 4 is 39.4 Å². The molecule has 0 unspecified atom stereocenters. The van der Waals surface area contributed by atoms with Crippen molar-refractivity contribution in [1.29, 1.82) is 0 Å². The first-order chi connectivity index (χ1) is 9.63. The fraction of sp³-hybridized carbons (Fsp3) is 0.143. The molecule has 4 nitrogen and oxygen atoms in total. The number of anilines is 1. The number of thioether (sulfide) groups is 1. The molecule has 0 radical (unpaired) electrons. The molecule has 0 aliphatic heterocycles. The van der Waals surface area contributed by atoms with Crippen molar-refractivity contribution in [2.24, 2.45) is 0 Å². The summed E-state index contributed by atoms with van der Waals surface area (Å²) in [6, 6.07) is 9.02. The van der Waals surface area contributed by atoms with E-state index in [-0.39, 0.29) is 5.91 Å². The lowest BCUT2D eigenvalue weighted by molar-refractivity contribution is 0.102. The van der Waals surface area contributed by atoms with Gasteiger partial charge in [-0.2, -0.15) is 0 Å². The highest BCUT2D eigenvalue weighted by Gasteiger charge is 2.13. The van der Waals surface area contributed by atoms with Crippen molar-refractivity contribution in [2.45, 2.75) is 4.90 Å². The largest absolute Gasteiger partial charge is 0.496 e. The number of nitrogens with zero attached hydrogens (tertiary/aromatic N) is 1. The third-order valence-electron chi connectivity index (χ3n) is 2.62. The second kappa shape index (κ2) is 6.76. The van der Waals surface area contributed by atoms with E-state index in [1.54, 1.807) is 37.2 Å². The average molecular weight is 353 g/mol. The molecule has 2 aromatic rings. The summed E-state index contributed by atoms with van der Waals surface area (Å²) in [6.07, 6.45) is 3.60. The van der Waals surface area contributed by atoms with E-state index < -0.39 is 0 Å². The van der Waals surface area contributed by atoms with Crippen LogP contribution in [0.15, 0.2) is 45.9 Å². The van der Waals surface area contributed by atoms with Crippen LogP contribution in [0, 0.1) is 0 Å². The second-order valence-electron chi connectivity index (χ2n) is 3.88. The number of benzene rings is 1. The first-order valence-electron chi connectivity index (χ1n) is 5.79. The maximum Gasteiger partial charge on any atom is 0.260 e. The van der Waals surface area contributed by atoms with Gasteiger partial charge in [0.25, 0.3) is 5.91 Å². The van der Waals surface area contributed by atoms with Gasteiger partial charge in [0.1, 0.15) is 11.6 Å². The lowest BCUT2D eigenvalue weighted by Gasteiger charge is -2.10. The van der Waals surface area contributed by atoms with Gasteiger partial charge in [0.05, 0.1) is 12.7 Å². The molecular formula is C14H13BrN2O2S. The molecule has 0 spiro atoms. The maximum absolute atomic E-state index is 12.2. The zero-order valence-corrected chi connectivity index (χ0v) is 13.4. The molecule has 0 saturated carbocycles. The van der Waals surface area contributed by atoms with Crippen LogP contribution in [0.2, 0.25) is 0 Å². The lowest BCUT2D eigenvalue weighted by Crippen LogP contribution is -2.14. The Morgan fingerprint density at radius 3 is 2.75 bits per heavy atom. The second-order valence-corrected chi connectivity index (χ2v) is 5.68. The standard InChI is InChI=1S/C14H13BrN2O2S/c1-19-12-7-10(20-2)4-5-11(12)14(18)17-13-6-3-9(15)8-16-13/h3-8H,1-2H3,(H,16,17,18). The van der Waals surface area contributed by atoms with Gasteiger partial charge < -0.3 is 10.1 Å². The summed E-state index contributed by atoms with van der Waals surface area (Å²) in [5, 5.41) is 2.74. The van der Waals surface area contributed by atoms with Crippen molar-refractivity contribution < 1.29 is 9.53 Å². The molecule has 20 heavy (non-hydrogen) atoms. The summed E-state index contributed by atoms with van der Waals surface area (Å²) in [6.45, 7) is 0. The number of pyridine rings is 1. The van der Waals surface area contributed by atoms with E-state index in [0.717, 1.165) is 9.37 Å². The first kappa shape index (κ1) is 14.9. The first-order valence-corrected chi connectivity index (χ1v) is 7.80. The number of ether oxygens (including phenoxy) is 1. The maximum atomic E-state index is 12.2. The third kappa shape index (κ3) is 3.52. The molecule has 0 saturated heterocycles. The van der Waals surface area contributed by atoms with Gasteiger partial charge >= 0.3 is 0 Å². The van der Waals surface area contributed by atoms with Crippen LogP contribution < -0.4 is 10.1 Å². The molecule has 0 aliphatic rings. The molecule has 1 aromatic heterocycles. The Morgan fingerprint density at radius 1 is 1.35 bits per heavy atom. The van der Waals surface area contributed by atoms with Crippen LogP contribution in [0.4, 0.5) is 5.82 Å². The summed E-state index contributed by atoms with van der Waals surface area (Å²) < 4.78 is 6.12. The van der Waals surface area contributed by atoms with Gasteiger partial charge in [0.2, 0.25) is 0 Å². The summed E-state index contributed by atoms with van der Waals surface area (Å²) in [7, 11) is 1.55. The Bertz CT molecular complexity index is 617. The van der Waals surface area contributed by atoms with Crippen LogP contribution in [0.5, 0.6) is 5.75 Å². The number of amides is 1. The molecule has 0 bridgehead atoms. The van der Waals surface area contributed by atoms with Gasteiger partial charge in [0, 0.05) is 15.6 Å². The van der Waals surface area contributed by atoms with Crippen LogP contribution in [-0.2, 0) is 0 Å². The highest BCUT2D eigenvalue weighted by Crippen LogP contribution is 2.26. The monoisotopic (exact) mass is 352 g/mol. The smallest absolute Gasteiger partial charge is 0.260 e. The Kier molecular flexibility index (Phi) is 5.03. The van der Waals surface area contributed by atoms with Gasteiger partial charge in [-0.1, -0.05) is 0 Å². The van der Waals surface area contributed by atoms with E-state index in [1.165, 1.54) is 0 Å². The minimum Gasteiger partial charge on any atom is -0.496 e. The van der Waals surface area contributed by atoms with E-state index >= 15 is 0 Å². The Labute approximate surface area is 130 Å². The van der Waals surface area contributed by atoms with Crippen LogP contribution >= 0.6 is 27.7 Å². The van der Waals surface area contributed by atoms with Gasteiger partial charge in [-0.15, -0.1) is 11.8 Å². The molecule has 1 N–H and O–H groups in total. The fourth-order valence-corrected chi connectivity index (χ4v) is 2.28. The number of halogens is 1. The highest BCUT2D eigenvalue weighted by molar-refractivity contribution is 9.10. The van der Waals surface area contributed by atoms with E-state index in [2.05, 4.69) is 26.2 Å². The van der Waals surface area contributed by atoms with Crippen molar-refractivity contribution in [1.82, 2.24) is 4.98 Å². The third-order valence-corrected chi connectivity index (χ3v) is 3.82. The van der Waals surface area contributed by atoms with Gasteiger partial charge in [-0.3, -0.25) is 4.79 Å². The van der Waals surface area contributed by atoms with Crippen molar-refractivity contribution in [3.63, 3.8) is 0 Å². The zero-order chi connectivity index (χ0) is 14.5. The van der Waals surface area contributed by atoms with Gasteiger partial charge in [0.15, 0.2) is 0 Å². The van der Waals surface area contributed by atoms with Gasteiger partial charge in [-0.25, -0.2) is 4.98 Å². The van der Waals surface area contributed by atoms with E-state index in [0.29, 0.717) is 17.1 Å². The minimum absolute atomic E-state index is 0.246. The average Bonchev–Trinajstić information content (AvgIpc) is 2.48. The number of hydrogen-bond donors (Lipinski definition) is 1. The molecule has 1 aromatic carbocycles. The number of nitrogens with one attached hydrogen (secondary N) is 1. The summed E-state index contributed by atoms with van der Waals surface area (Å²) in [4.78, 5) is 17.4. The summed E-state index contributed by atoms with van der Waals surface area (Å²) in [5.74, 6) is 0.796. The van der Waals surface area contributed by atoms with E-state index in [9.17, 15) is 4.79 Å². The Balaban J connectivity index is 2.22. The molecular weight excluding hydrogens is 340 g/mol. The normalized spacial score (nSPS) is 10.2. The van der Waals surface area contributed by atoms with Crippen molar-refractivity contribution in [3.8, 4) is 5.75 Å². The summed E-state index contributed by atoms with van der Waals surface area (Å²) >= 11 is 4.89. The minimum atomic E-state index is -0.246. The van der Waals surface area contributed by atoms with Crippen molar-refractivity contribution in [3.05, 3.63) is 46.6 Å². The highest BCUT2D eigenvalue weighted by atomic mass is 79.9. The number of hydrogen-bond acceptors (Lipinski definition) is 4. The number of aromatic nitrogens is 1. The molecule has 1 heterocycles. The van der Waals surface area contributed by atoms with Crippen LogP contribution in [-0.4, -0.2) is 24.3 Å².